The monoisotopic (exact) mass is 244 g/mol. The number of nitrogens with one attached hydrogen (secondary N) is 1. The Morgan fingerprint density at radius 3 is 2.89 bits per heavy atom. The minimum absolute atomic E-state index is 0.352. The number of benzene rings is 1. The van der Waals surface area contributed by atoms with Crippen LogP contribution in [0.3, 0.4) is 0 Å². The molecule has 1 heterocycles. The van der Waals surface area contributed by atoms with E-state index in [1.54, 1.807) is 0 Å². The summed E-state index contributed by atoms with van der Waals surface area (Å²) in [5.74, 6) is 6.43. The Kier molecular flexibility index (Phi) is 3.30. The van der Waals surface area contributed by atoms with Crippen molar-refractivity contribution in [3.63, 3.8) is 0 Å². The standard InChI is InChI=1S/C14H20N4/c15-17-13(11-5-1-2-6-11)9-18-10-16-12-7-3-4-8-14(12)18/h3-4,7-8,10-11,13,17H,1-2,5-6,9,15H2. The molecule has 0 saturated heterocycles. The molecule has 4 nitrogen and oxygen atoms in total. The highest BCUT2D eigenvalue weighted by atomic mass is 15.3. The topological polar surface area (TPSA) is 55.9 Å². The number of nitrogens with two attached hydrogens (primary N) is 1. The molecule has 1 aliphatic rings. The summed E-state index contributed by atoms with van der Waals surface area (Å²) in [7, 11) is 0. The summed E-state index contributed by atoms with van der Waals surface area (Å²) >= 11 is 0. The van der Waals surface area contributed by atoms with Gasteiger partial charge in [0.05, 0.1) is 17.4 Å². The van der Waals surface area contributed by atoms with Crippen molar-refractivity contribution < 1.29 is 0 Å². The lowest BCUT2D eigenvalue weighted by atomic mass is 9.98. The Labute approximate surface area is 107 Å². The van der Waals surface area contributed by atoms with Crippen molar-refractivity contribution in [2.24, 2.45) is 11.8 Å². The Hall–Kier alpha value is -1.39. The van der Waals surface area contributed by atoms with Crippen LogP contribution in [0.5, 0.6) is 0 Å². The summed E-state index contributed by atoms with van der Waals surface area (Å²) in [5, 5.41) is 0. The maximum Gasteiger partial charge on any atom is 0.0958 e. The average molecular weight is 244 g/mol. The van der Waals surface area contributed by atoms with Crippen LogP contribution in [0.2, 0.25) is 0 Å². The third kappa shape index (κ3) is 2.13. The zero-order valence-electron chi connectivity index (χ0n) is 10.5. The van der Waals surface area contributed by atoms with Crippen molar-refractivity contribution in [1.29, 1.82) is 0 Å². The maximum atomic E-state index is 5.73. The average Bonchev–Trinajstić information content (AvgIpc) is 3.06. The lowest BCUT2D eigenvalue weighted by Gasteiger charge is -2.23. The highest BCUT2D eigenvalue weighted by Crippen LogP contribution is 2.28. The van der Waals surface area contributed by atoms with Gasteiger partial charge in [0, 0.05) is 12.6 Å². The first-order valence-corrected chi connectivity index (χ1v) is 6.74. The Morgan fingerprint density at radius 1 is 1.33 bits per heavy atom. The van der Waals surface area contributed by atoms with Gasteiger partial charge < -0.3 is 4.57 Å². The molecule has 1 aliphatic carbocycles. The number of aromatic nitrogens is 2. The van der Waals surface area contributed by atoms with Crippen LogP contribution in [0.15, 0.2) is 30.6 Å². The molecule has 0 radical (unpaired) electrons. The molecule has 1 aromatic carbocycles. The second kappa shape index (κ2) is 5.08. The predicted molar refractivity (Wildman–Crippen MR) is 72.8 cm³/mol. The molecule has 2 aromatic rings. The number of imidazole rings is 1. The quantitative estimate of drug-likeness (QED) is 0.639. The zero-order valence-corrected chi connectivity index (χ0v) is 10.5. The molecular weight excluding hydrogens is 224 g/mol. The van der Waals surface area contributed by atoms with Crippen molar-refractivity contribution in [1.82, 2.24) is 15.0 Å². The summed E-state index contributed by atoms with van der Waals surface area (Å²) in [6.07, 6.45) is 7.19. The van der Waals surface area contributed by atoms with E-state index in [4.69, 9.17) is 5.84 Å². The van der Waals surface area contributed by atoms with Crippen molar-refractivity contribution in [3.8, 4) is 0 Å². The number of rotatable bonds is 4. The molecule has 1 aromatic heterocycles. The first-order valence-electron chi connectivity index (χ1n) is 6.74. The second-order valence-electron chi connectivity index (χ2n) is 5.20. The minimum atomic E-state index is 0.352. The third-order valence-electron chi connectivity index (χ3n) is 4.10. The van der Waals surface area contributed by atoms with Gasteiger partial charge in [-0.2, -0.15) is 0 Å². The van der Waals surface area contributed by atoms with Gasteiger partial charge in [-0.1, -0.05) is 25.0 Å². The SMILES string of the molecule is NNC(Cn1cnc2ccccc21)C1CCCC1. The first kappa shape index (κ1) is 11.7. The summed E-state index contributed by atoms with van der Waals surface area (Å²) < 4.78 is 2.21. The van der Waals surface area contributed by atoms with Crippen LogP contribution in [0.1, 0.15) is 25.7 Å². The van der Waals surface area contributed by atoms with Gasteiger partial charge >= 0.3 is 0 Å². The van der Waals surface area contributed by atoms with Crippen LogP contribution in [0, 0.1) is 5.92 Å². The highest BCUT2D eigenvalue weighted by molar-refractivity contribution is 5.74. The number of para-hydroxylation sites is 2. The lowest BCUT2D eigenvalue weighted by molar-refractivity contribution is 0.329. The molecule has 96 valence electrons. The minimum Gasteiger partial charge on any atom is -0.329 e. The van der Waals surface area contributed by atoms with Gasteiger partial charge in [0.15, 0.2) is 0 Å². The second-order valence-corrected chi connectivity index (χ2v) is 5.20. The number of nitrogens with zero attached hydrogens (tertiary/aromatic N) is 2. The molecule has 4 heteroatoms. The fraction of sp³-hybridized carbons (Fsp3) is 0.500. The van der Waals surface area contributed by atoms with Gasteiger partial charge in [0.2, 0.25) is 0 Å². The predicted octanol–water partition coefficient (Wildman–Crippen LogP) is 2.06. The van der Waals surface area contributed by atoms with E-state index in [1.807, 2.05) is 18.5 Å². The van der Waals surface area contributed by atoms with Crippen LogP contribution in [0.25, 0.3) is 11.0 Å². The van der Waals surface area contributed by atoms with Gasteiger partial charge in [-0.25, -0.2) is 4.98 Å². The van der Waals surface area contributed by atoms with E-state index in [9.17, 15) is 0 Å². The molecular formula is C14H20N4. The van der Waals surface area contributed by atoms with Crippen molar-refractivity contribution >= 4 is 11.0 Å². The van der Waals surface area contributed by atoms with Gasteiger partial charge in [-0.15, -0.1) is 0 Å². The van der Waals surface area contributed by atoms with Gasteiger partial charge in [0.1, 0.15) is 0 Å². The Morgan fingerprint density at radius 2 is 2.11 bits per heavy atom. The van der Waals surface area contributed by atoms with Crippen LogP contribution in [-0.4, -0.2) is 15.6 Å². The van der Waals surface area contributed by atoms with E-state index in [-0.39, 0.29) is 0 Å². The van der Waals surface area contributed by atoms with E-state index in [0.717, 1.165) is 12.1 Å². The molecule has 1 unspecified atom stereocenters. The molecule has 0 amide bonds. The largest absolute Gasteiger partial charge is 0.329 e. The smallest absolute Gasteiger partial charge is 0.0958 e. The van der Waals surface area contributed by atoms with Crippen LogP contribution in [0.4, 0.5) is 0 Å². The highest BCUT2D eigenvalue weighted by Gasteiger charge is 2.24. The number of fused-ring (bicyclic) bond motifs is 1. The zero-order chi connectivity index (χ0) is 12.4. The summed E-state index contributed by atoms with van der Waals surface area (Å²) in [4.78, 5) is 4.43. The van der Waals surface area contributed by atoms with E-state index in [0.29, 0.717) is 12.0 Å². The number of hydrogen-bond donors (Lipinski definition) is 2. The van der Waals surface area contributed by atoms with Crippen LogP contribution < -0.4 is 11.3 Å². The summed E-state index contributed by atoms with van der Waals surface area (Å²) in [6.45, 7) is 0.904. The molecule has 0 bridgehead atoms. The Bertz CT molecular complexity index is 513. The molecule has 0 aliphatic heterocycles. The summed E-state index contributed by atoms with van der Waals surface area (Å²) in [5.41, 5.74) is 5.24. The van der Waals surface area contributed by atoms with Gasteiger partial charge in [0.25, 0.3) is 0 Å². The molecule has 3 rings (SSSR count). The van der Waals surface area contributed by atoms with Crippen LogP contribution in [-0.2, 0) is 6.54 Å². The maximum absolute atomic E-state index is 5.73. The fourth-order valence-corrected chi connectivity index (χ4v) is 3.07. The molecule has 3 N–H and O–H groups in total. The molecule has 1 saturated carbocycles. The van der Waals surface area contributed by atoms with E-state index < -0.39 is 0 Å². The lowest BCUT2D eigenvalue weighted by Crippen LogP contribution is -2.43. The van der Waals surface area contributed by atoms with Crippen molar-refractivity contribution in [2.75, 3.05) is 0 Å². The molecule has 1 atom stereocenters. The fourth-order valence-electron chi connectivity index (χ4n) is 3.07. The molecule has 0 spiro atoms. The van der Waals surface area contributed by atoms with Gasteiger partial charge in [-0.05, 0) is 30.9 Å². The Balaban J connectivity index is 1.81. The van der Waals surface area contributed by atoms with Crippen molar-refractivity contribution in [3.05, 3.63) is 30.6 Å². The van der Waals surface area contributed by atoms with E-state index in [2.05, 4.69) is 27.1 Å². The van der Waals surface area contributed by atoms with E-state index in [1.165, 1.54) is 31.2 Å². The van der Waals surface area contributed by atoms with Crippen molar-refractivity contribution in [2.45, 2.75) is 38.3 Å². The third-order valence-corrected chi connectivity index (χ3v) is 4.10. The molecule has 1 fully saturated rings. The van der Waals surface area contributed by atoms with Gasteiger partial charge in [-0.3, -0.25) is 11.3 Å². The van der Waals surface area contributed by atoms with E-state index >= 15 is 0 Å². The molecule has 18 heavy (non-hydrogen) atoms. The van der Waals surface area contributed by atoms with Crippen LogP contribution >= 0.6 is 0 Å². The summed E-state index contributed by atoms with van der Waals surface area (Å²) in [6, 6.07) is 8.60. The number of hydrogen-bond acceptors (Lipinski definition) is 3. The normalized spacial score (nSPS) is 18.5. The number of hydrazine groups is 1. The first-order chi connectivity index (χ1) is 8.88.